The number of hydrogen-bond donors (Lipinski definition) is 0. The molecular weight excluding hydrogens is 448 g/mol. The Kier molecular flexibility index (Phi) is 5.77. The Morgan fingerprint density at radius 1 is 0.933 bits per heavy atom. The van der Waals surface area contributed by atoms with E-state index in [1.54, 1.807) is 50.6 Å². The number of fused-ring (bicyclic) bond motifs is 1. The number of Topliss-reactive ketones (excluding diaryl/α,β-unsaturated/α-hetero) is 1. The van der Waals surface area contributed by atoms with Crippen molar-refractivity contribution in [2.75, 3.05) is 14.2 Å². The highest BCUT2D eigenvalue weighted by Gasteiger charge is 2.28. The van der Waals surface area contributed by atoms with Gasteiger partial charge < -0.3 is 18.9 Å². The van der Waals surface area contributed by atoms with Gasteiger partial charge in [-0.2, -0.15) is 0 Å². The molecule has 3 aromatic rings. The molecule has 0 aromatic heterocycles. The van der Waals surface area contributed by atoms with Crippen LogP contribution in [0.25, 0.3) is 6.08 Å². The fourth-order valence-corrected chi connectivity index (χ4v) is 3.35. The molecule has 0 bridgehead atoms. The lowest BCUT2D eigenvalue weighted by atomic mass is 10.1. The van der Waals surface area contributed by atoms with Gasteiger partial charge in [-0.1, -0.05) is 28.1 Å². The predicted octanol–water partition coefficient (Wildman–Crippen LogP) is 5.66. The van der Waals surface area contributed by atoms with E-state index in [1.165, 1.54) is 0 Å². The third kappa shape index (κ3) is 4.19. The number of ketones is 1. The molecule has 0 unspecified atom stereocenters. The second kappa shape index (κ2) is 8.63. The number of carbonyl (C=O) groups is 1. The fourth-order valence-electron chi connectivity index (χ4n) is 3.08. The summed E-state index contributed by atoms with van der Waals surface area (Å²) in [6.07, 6.45) is 1.67. The molecule has 30 heavy (non-hydrogen) atoms. The molecule has 0 atom stereocenters. The van der Waals surface area contributed by atoms with E-state index in [4.69, 9.17) is 18.9 Å². The van der Waals surface area contributed by atoms with Crippen molar-refractivity contribution in [3.8, 4) is 23.0 Å². The molecule has 0 amide bonds. The van der Waals surface area contributed by atoms with Crippen LogP contribution < -0.4 is 18.9 Å². The zero-order chi connectivity index (χ0) is 21.1. The van der Waals surface area contributed by atoms with Crippen LogP contribution in [0.2, 0.25) is 0 Å². The average Bonchev–Trinajstić information content (AvgIpc) is 3.08. The summed E-state index contributed by atoms with van der Waals surface area (Å²) in [5, 5.41) is 0. The van der Waals surface area contributed by atoms with Crippen LogP contribution in [0.4, 0.5) is 0 Å². The van der Waals surface area contributed by atoms with Gasteiger partial charge in [-0.25, -0.2) is 0 Å². The highest BCUT2D eigenvalue weighted by molar-refractivity contribution is 9.10. The van der Waals surface area contributed by atoms with Gasteiger partial charge in [0, 0.05) is 22.2 Å². The molecule has 0 N–H and O–H groups in total. The van der Waals surface area contributed by atoms with Crippen LogP contribution in [0.3, 0.4) is 0 Å². The van der Waals surface area contributed by atoms with E-state index >= 15 is 0 Å². The van der Waals surface area contributed by atoms with Gasteiger partial charge in [0.15, 0.2) is 5.76 Å². The first-order valence-corrected chi connectivity index (χ1v) is 10.0. The Labute approximate surface area is 183 Å². The van der Waals surface area contributed by atoms with Crippen LogP contribution in [-0.4, -0.2) is 20.0 Å². The number of hydrogen-bond acceptors (Lipinski definition) is 5. The van der Waals surface area contributed by atoms with Gasteiger partial charge in [-0.3, -0.25) is 4.79 Å². The molecule has 1 aliphatic rings. The van der Waals surface area contributed by atoms with Gasteiger partial charge in [0.2, 0.25) is 5.78 Å². The van der Waals surface area contributed by atoms with Gasteiger partial charge in [-0.15, -0.1) is 0 Å². The molecule has 4 rings (SSSR count). The minimum absolute atomic E-state index is 0.178. The maximum atomic E-state index is 12.7. The number of ether oxygens (including phenoxy) is 4. The Bertz CT molecular complexity index is 1120. The SMILES string of the molecule is COc1ccc(C=C2Oc3cc(OCc4ccc(Br)cc4)ccc3C2=O)c(OC)c1. The summed E-state index contributed by atoms with van der Waals surface area (Å²) in [5.41, 5.74) is 2.27. The molecule has 0 radical (unpaired) electrons. The van der Waals surface area contributed by atoms with E-state index in [1.807, 2.05) is 30.3 Å². The van der Waals surface area contributed by atoms with E-state index in [9.17, 15) is 4.79 Å². The van der Waals surface area contributed by atoms with E-state index in [-0.39, 0.29) is 11.5 Å². The lowest BCUT2D eigenvalue weighted by Crippen LogP contribution is -1.99. The Hall–Kier alpha value is -3.25. The normalized spacial score (nSPS) is 13.7. The van der Waals surface area contributed by atoms with Crippen molar-refractivity contribution in [3.05, 3.63) is 87.6 Å². The number of rotatable bonds is 6. The average molecular weight is 467 g/mol. The van der Waals surface area contributed by atoms with Crippen molar-refractivity contribution in [1.82, 2.24) is 0 Å². The summed E-state index contributed by atoms with van der Waals surface area (Å²) in [7, 11) is 3.15. The Balaban J connectivity index is 1.53. The highest BCUT2D eigenvalue weighted by atomic mass is 79.9. The van der Waals surface area contributed by atoms with Gasteiger partial charge in [0.25, 0.3) is 0 Å². The summed E-state index contributed by atoms with van der Waals surface area (Å²) < 4.78 is 23.3. The molecule has 0 aliphatic carbocycles. The largest absolute Gasteiger partial charge is 0.497 e. The molecular formula is C24H19BrO5. The minimum atomic E-state index is -0.178. The highest BCUT2D eigenvalue weighted by Crippen LogP contribution is 2.36. The maximum Gasteiger partial charge on any atom is 0.231 e. The predicted molar refractivity (Wildman–Crippen MR) is 117 cm³/mol. The van der Waals surface area contributed by atoms with E-state index < -0.39 is 0 Å². The van der Waals surface area contributed by atoms with E-state index in [2.05, 4.69) is 15.9 Å². The van der Waals surface area contributed by atoms with Crippen LogP contribution >= 0.6 is 15.9 Å². The summed E-state index contributed by atoms with van der Waals surface area (Å²) >= 11 is 3.42. The van der Waals surface area contributed by atoms with Gasteiger partial charge in [-0.05, 0) is 48.0 Å². The van der Waals surface area contributed by atoms with Crippen molar-refractivity contribution >= 4 is 27.8 Å². The lowest BCUT2D eigenvalue weighted by molar-refractivity contribution is 0.101. The van der Waals surface area contributed by atoms with E-state index in [0.29, 0.717) is 35.2 Å². The number of carbonyl (C=O) groups excluding carboxylic acids is 1. The molecule has 0 fully saturated rings. The van der Waals surface area contributed by atoms with Gasteiger partial charge in [0.05, 0.1) is 19.8 Å². The first-order chi connectivity index (χ1) is 14.6. The van der Waals surface area contributed by atoms with Crippen LogP contribution in [0.5, 0.6) is 23.0 Å². The van der Waals surface area contributed by atoms with Crippen LogP contribution in [-0.2, 0) is 6.61 Å². The summed E-state index contributed by atoms with van der Waals surface area (Å²) in [6, 6.07) is 18.5. The molecule has 1 heterocycles. The third-order valence-electron chi connectivity index (χ3n) is 4.69. The first-order valence-electron chi connectivity index (χ1n) is 9.25. The molecule has 5 nitrogen and oxygen atoms in total. The quantitative estimate of drug-likeness (QED) is 0.438. The standard InChI is InChI=1S/C24H19BrO5/c1-27-18-8-5-16(21(12-18)28-2)11-23-24(26)20-10-9-19(13-22(20)30-23)29-14-15-3-6-17(25)7-4-15/h3-13H,14H2,1-2H3. The molecule has 3 aromatic carbocycles. The molecule has 0 spiro atoms. The zero-order valence-corrected chi connectivity index (χ0v) is 18.1. The number of allylic oxidation sites excluding steroid dienone is 1. The monoisotopic (exact) mass is 466 g/mol. The van der Waals surface area contributed by atoms with Crippen molar-refractivity contribution in [2.24, 2.45) is 0 Å². The second-order valence-electron chi connectivity index (χ2n) is 6.62. The molecule has 6 heteroatoms. The third-order valence-corrected chi connectivity index (χ3v) is 5.22. The lowest BCUT2D eigenvalue weighted by Gasteiger charge is -2.08. The van der Waals surface area contributed by atoms with Crippen LogP contribution in [0, 0.1) is 0 Å². The number of methoxy groups -OCH3 is 2. The summed E-state index contributed by atoms with van der Waals surface area (Å²) in [5.74, 6) is 2.43. The Morgan fingerprint density at radius 2 is 1.70 bits per heavy atom. The maximum absolute atomic E-state index is 12.7. The summed E-state index contributed by atoms with van der Waals surface area (Å²) in [6.45, 7) is 0.422. The first kappa shape index (κ1) is 20.0. The molecule has 0 saturated carbocycles. The second-order valence-corrected chi connectivity index (χ2v) is 7.54. The van der Waals surface area contributed by atoms with Crippen LogP contribution in [0.15, 0.2) is 70.9 Å². The Morgan fingerprint density at radius 3 is 2.43 bits per heavy atom. The van der Waals surface area contributed by atoms with Crippen LogP contribution in [0.1, 0.15) is 21.5 Å². The topological polar surface area (TPSA) is 54.0 Å². The molecule has 0 saturated heterocycles. The number of halogens is 1. The minimum Gasteiger partial charge on any atom is -0.497 e. The van der Waals surface area contributed by atoms with Crippen molar-refractivity contribution in [1.29, 1.82) is 0 Å². The number of benzene rings is 3. The fraction of sp³-hybridized carbons (Fsp3) is 0.125. The van der Waals surface area contributed by atoms with Gasteiger partial charge in [0.1, 0.15) is 29.6 Å². The summed E-state index contributed by atoms with van der Waals surface area (Å²) in [4.78, 5) is 12.7. The van der Waals surface area contributed by atoms with E-state index in [0.717, 1.165) is 15.6 Å². The van der Waals surface area contributed by atoms with Gasteiger partial charge >= 0.3 is 0 Å². The van der Waals surface area contributed by atoms with Crippen molar-refractivity contribution in [2.45, 2.75) is 6.61 Å². The molecule has 1 aliphatic heterocycles. The van der Waals surface area contributed by atoms with Crippen molar-refractivity contribution in [3.63, 3.8) is 0 Å². The molecule has 152 valence electrons. The zero-order valence-electron chi connectivity index (χ0n) is 16.5. The van der Waals surface area contributed by atoms with Crippen molar-refractivity contribution < 1.29 is 23.7 Å². The smallest absolute Gasteiger partial charge is 0.231 e.